The molecule has 0 saturated heterocycles. The van der Waals surface area contributed by atoms with Gasteiger partial charge in [0.15, 0.2) is 0 Å². The van der Waals surface area contributed by atoms with Gasteiger partial charge in [-0.25, -0.2) is 4.79 Å². The van der Waals surface area contributed by atoms with Gasteiger partial charge < -0.3 is 20.4 Å². The smallest absolute Gasteiger partial charge is 0.335 e. The van der Waals surface area contributed by atoms with E-state index >= 15 is 0 Å². The molecule has 128 valence electrons. The van der Waals surface area contributed by atoms with Gasteiger partial charge in [-0.05, 0) is 35.4 Å². The standard InChI is InChI=1S/C18H20O5S/c19-10-12-1-3-13(4-2-12)17(21)9-15(20)11-24-16-7-5-14(6-8-16)18(22)23/h1-8,15,17,19-21H,9-11H2,(H,22,23)/t15-,17+/m1/s1. The van der Waals surface area contributed by atoms with E-state index in [-0.39, 0.29) is 18.6 Å². The van der Waals surface area contributed by atoms with Gasteiger partial charge in [-0.1, -0.05) is 24.3 Å². The van der Waals surface area contributed by atoms with E-state index in [0.717, 1.165) is 10.5 Å². The molecule has 0 saturated carbocycles. The Kier molecular flexibility index (Phi) is 6.81. The number of aromatic carboxylic acids is 1. The zero-order valence-corrected chi connectivity index (χ0v) is 13.8. The minimum Gasteiger partial charge on any atom is -0.478 e. The minimum atomic E-state index is -0.970. The second-order valence-electron chi connectivity index (χ2n) is 5.45. The summed E-state index contributed by atoms with van der Waals surface area (Å²) in [6.45, 7) is -0.0453. The highest BCUT2D eigenvalue weighted by atomic mass is 32.2. The van der Waals surface area contributed by atoms with E-state index in [1.165, 1.54) is 23.9 Å². The molecule has 0 heterocycles. The highest BCUT2D eigenvalue weighted by Gasteiger charge is 2.14. The summed E-state index contributed by atoms with van der Waals surface area (Å²) in [4.78, 5) is 11.6. The van der Waals surface area contributed by atoms with Crippen LogP contribution in [0.15, 0.2) is 53.4 Å². The monoisotopic (exact) mass is 348 g/mol. The number of carbonyl (C=O) groups is 1. The van der Waals surface area contributed by atoms with Gasteiger partial charge in [-0.3, -0.25) is 0 Å². The molecule has 0 aliphatic rings. The second-order valence-corrected chi connectivity index (χ2v) is 6.54. The summed E-state index contributed by atoms with van der Waals surface area (Å²) >= 11 is 1.41. The number of rotatable bonds is 8. The molecule has 0 aromatic heterocycles. The molecule has 2 aromatic carbocycles. The van der Waals surface area contributed by atoms with E-state index in [2.05, 4.69) is 0 Å². The summed E-state index contributed by atoms with van der Waals surface area (Å²) < 4.78 is 0. The molecule has 0 bridgehead atoms. The van der Waals surface area contributed by atoms with Crippen molar-refractivity contribution in [1.29, 1.82) is 0 Å². The summed E-state index contributed by atoms with van der Waals surface area (Å²) in [5.74, 6) is -0.569. The lowest BCUT2D eigenvalue weighted by atomic mass is 10.0. The fourth-order valence-electron chi connectivity index (χ4n) is 2.19. The van der Waals surface area contributed by atoms with Crippen LogP contribution in [0.4, 0.5) is 0 Å². The number of benzene rings is 2. The molecule has 0 fully saturated rings. The van der Waals surface area contributed by atoms with Gasteiger partial charge in [-0.2, -0.15) is 0 Å². The van der Waals surface area contributed by atoms with E-state index in [1.54, 1.807) is 36.4 Å². The summed E-state index contributed by atoms with van der Waals surface area (Å²) in [5.41, 5.74) is 1.69. The first-order valence-electron chi connectivity index (χ1n) is 7.51. The van der Waals surface area contributed by atoms with Crippen LogP contribution in [0.5, 0.6) is 0 Å². The van der Waals surface area contributed by atoms with Gasteiger partial charge in [0.05, 0.1) is 24.4 Å². The summed E-state index contributed by atoms with van der Waals surface area (Å²) in [6.07, 6.45) is -1.26. The Balaban J connectivity index is 1.83. The minimum absolute atomic E-state index is 0.0453. The van der Waals surface area contributed by atoms with E-state index in [1.807, 2.05) is 0 Å². The maximum atomic E-state index is 10.8. The fraction of sp³-hybridized carbons (Fsp3) is 0.278. The normalized spacial score (nSPS) is 13.5. The number of aliphatic hydroxyl groups is 3. The van der Waals surface area contributed by atoms with E-state index < -0.39 is 18.2 Å². The van der Waals surface area contributed by atoms with Crippen molar-refractivity contribution in [2.24, 2.45) is 0 Å². The number of hydrogen-bond acceptors (Lipinski definition) is 5. The summed E-state index contributed by atoms with van der Waals surface area (Å²) in [6, 6.07) is 13.4. The van der Waals surface area contributed by atoms with Crippen molar-refractivity contribution in [2.45, 2.75) is 30.1 Å². The third-order valence-corrected chi connectivity index (χ3v) is 4.74. The largest absolute Gasteiger partial charge is 0.478 e. The lowest BCUT2D eigenvalue weighted by molar-refractivity contribution is 0.0696. The SMILES string of the molecule is O=C(O)c1ccc(SC[C@H](O)C[C@H](O)c2ccc(CO)cc2)cc1. The van der Waals surface area contributed by atoms with Crippen LogP contribution in [0.2, 0.25) is 0 Å². The molecule has 2 rings (SSSR count). The Labute approximate surface area is 144 Å². The molecule has 2 atom stereocenters. The Morgan fingerprint density at radius 1 is 1.00 bits per heavy atom. The van der Waals surface area contributed by atoms with Gasteiger partial charge in [0.1, 0.15) is 0 Å². The maximum absolute atomic E-state index is 10.8. The molecule has 0 amide bonds. The van der Waals surface area contributed by atoms with Gasteiger partial charge >= 0.3 is 5.97 Å². The second kappa shape index (κ2) is 8.84. The predicted octanol–water partition coefficient (Wildman–Crippen LogP) is 2.45. The predicted molar refractivity (Wildman–Crippen MR) is 92.1 cm³/mol. The number of carboxylic acids is 1. The van der Waals surface area contributed by atoms with Crippen LogP contribution in [-0.4, -0.2) is 38.3 Å². The first-order valence-corrected chi connectivity index (χ1v) is 8.50. The molecule has 0 aliphatic heterocycles. The van der Waals surface area contributed by atoms with Crippen molar-refractivity contribution in [1.82, 2.24) is 0 Å². The van der Waals surface area contributed by atoms with Gasteiger partial charge in [-0.15, -0.1) is 11.8 Å². The third-order valence-electron chi connectivity index (χ3n) is 3.59. The Morgan fingerprint density at radius 2 is 1.62 bits per heavy atom. The number of thioether (sulfide) groups is 1. The molecular formula is C18H20O5S. The van der Waals surface area contributed by atoms with Crippen molar-refractivity contribution in [3.8, 4) is 0 Å². The molecule has 2 aromatic rings. The van der Waals surface area contributed by atoms with Crippen LogP contribution >= 0.6 is 11.8 Å². The average Bonchev–Trinajstić information content (AvgIpc) is 2.60. The zero-order chi connectivity index (χ0) is 17.5. The third kappa shape index (κ3) is 5.35. The molecule has 6 heteroatoms. The number of carboxylic acid groups (broad SMARTS) is 1. The van der Waals surface area contributed by atoms with Crippen LogP contribution in [0.1, 0.15) is 34.0 Å². The quantitative estimate of drug-likeness (QED) is 0.547. The van der Waals surface area contributed by atoms with Crippen LogP contribution in [0.3, 0.4) is 0 Å². The van der Waals surface area contributed by atoms with Crippen LogP contribution < -0.4 is 0 Å². The highest BCUT2D eigenvalue weighted by molar-refractivity contribution is 7.99. The first-order chi connectivity index (χ1) is 11.5. The zero-order valence-electron chi connectivity index (χ0n) is 13.0. The van der Waals surface area contributed by atoms with E-state index in [0.29, 0.717) is 11.3 Å². The van der Waals surface area contributed by atoms with Crippen LogP contribution in [0.25, 0.3) is 0 Å². The number of hydrogen-bond donors (Lipinski definition) is 4. The maximum Gasteiger partial charge on any atom is 0.335 e. The van der Waals surface area contributed by atoms with Gasteiger partial charge in [0.25, 0.3) is 0 Å². The molecule has 0 radical (unpaired) electrons. The topological polar surface area (TPSA) is 98.0 Å². The molecule has 0 aliphatic carbocycles. The van der Waals surface area contributed by atoms with Crippen LogP contribution in [0, 0.1) is 0 Å². The Bertz CT molecular complexity index is 654. The average molecular weight is 348 g/mol. The molecule has 0 unspecified atom stereocenters. The lowest BCUT2D eigenvalue weighted by Crippen LogP contribution is -2.15. The fourth-order valence-corrected chi connectivity index (χ4v) is 3.04. The Morgan fingerprint density at radius 3 is 2.17 bits per heavy atom. The van der Waals surface area contributed by atoms with Crippen molar-refractivity contribution < 1.29 is 25.2 Å². The first kappa shape index (κ1) is 18.5. The van der Waals surface area contributed by atoms with E-state index in [9.17, 15) is 15.0 Å². The van der Waals surface area contributed by atoms with Gasteiger partial charge in [0, 0.05) is 17.1 Å². The molecule has 5 nitrogen and oxygen atoms in total. The Hall–Kier alpha value is -1.86. The van der Waals surface area contributed by atoms with Crippen LogP contribution in [-0.2, 0) is 6.61 Å². The number of aliphatic hydroxyl groups excluding tert-OH is 3. The van der Waals surface area contributed by atoms with E-state index in [4.69, 9.17) is 10.2 Å². The molecule has 24 heavy (non-hydrogen) atoms. The van der Waals surface area contributed by atoms with Crippen molar-refractivity contribution in [3.05, 3.63) is 65.2 Å². The van der Waals surface area contributed by atoms with Gasteiger partial charge in [0.2, 0.25) is 0 Å². The summed E-state index contributed by atoms with van der Waals surface area (Å²) in [7, 11) is 0. The molecule has 0 spiro atoms. The highest BCUT2D eigenvalue weighted by Crippen LogP contribution is 2.24. The van der Waals surface area contributed by atoms with Crippen molar-refractivity contribution >= 4 is 17.7 Å². The summed E-state index contributed by atoms with van der Waals surface area (Å²) in [5, 5.41) is 38.1. The molecular weight excluding hydrogens is 328 g/mol. The molecule has 4 N–H and O–H groups in total. The van der Waals surface area contributed by atoms with Crippen molar-refractivity contribution in [3.63, 3.8) is 0 Å². The van der Waals surface area contributed by atoms with Crippen molar-refractivity contribution in [2.75, 3.05) is 5.75 Å². The lowest BCUT2D eigenvalue weighted by Gasteiger charge is -2.16.